The van der Waals surface area contributed by atoms with Gasteiger partial charge in [0.1, 0.15) is 15.8 Å². The summed E-state index contributed by atoms with van der Waals surface area (Å²) in [4.78, 5) is 43.4. The zero-order valence-corrected chi connectivity index (χ0v) is 21.6. The van der Waals surface area contributed by atoms with Gasteiger partial charge < -0.3 is 25.3 Å². The summed E-state index contributed by atoms with van der Waals surface area (Å²) in [5.41, 5.74) is 1.14. The first kappa shape index (κ1) is 26.0. The van der Waals surface area contributed by atoms with Gasteiger partial charge in [0.2, 0.25) is 5.91 Å². The quantitative estimate of drug-likeness (QED) is 0.428. The molecule has 0 aliphatic carbocycles. The lowest BCUT2D eigenvalue weighted by molar-refractivity contribution is -0.124. The summed E-state index contributed by atoms with van der Waals surface area (Å²) in [5, 5.41) is 6.54. The Morgan fingerprint density at radius 2 is 2.12 bits per heavy atom. The third-order valence-corrected chi connectivity index (χ3v) is 7.24. The standard InChI is InChI=1S/C24H32N4O4S2/c1-14(2)10-18(20(29)13-28(24(33)34-4)12-15-8-9-25-22(15)30)27-23(31)19-11-16-17(26-19)6-5-7-21(16)32-3/h5-7,11,14-15,18,26H,8-10,12-13H2,1-4H3,(H,25,30)(H,27,31)/t15-,18-/m0/s1. The van der Waals surface area contributed by atoms with Crippen LogP contribution in [0.3, 0.4) is 0 Å². The molecule has 1 aliphatic rings. The summed E-state index contributed by atoms with van der Waals surface area (Å²) in [6, 6.07) is 6.60. The first-order chi connectivity index (χ1) is 16.2. The largest absolute Gasteiger partial charge is 0.496 e. The van der Waals surface area contributed by atoms with Crippen LogP contribution in [0.1, 0.15) is 37.2 Å². The number of carbonyl (C=O) groups is 3. The highest BCUT2D eigenvalue weighted by atomic mass is 32.2. The Labute approximate surface area is 209 Å². The molecule has 0 unspecified atom stereocenters. The van der Waals surface area contributed by atoms with E-state index >= 15 is 0 Å². The molecule has 1 aliphatic heterocycles. The van der Waals surface area contributed by atoms with E-state index in [-0.39, 0.29) is 36.0 Å². The van der Waals surface area contributed by atoms with Gasteiger partial charge in [-0.1, -0.05) is 32.1 Å². The topological polar surface area (TPSA) is 104 Å². The number of H-pyrrole nitrogens is 1. The zero-order chi connectivity index (χ0) is 24.8. The van der Waals surface area contributed by atoms with Crippen LogP contribution < -0.4 is 15.4 Å². The Hall–Kier alpha value is -2.59. The highest BCUT2D eigenvalue weighted by molar-refractivity contribution is 8.22. The van der Waals surface area contributed by atoms with Crippen LogP contribution in [0.25, 0.3) is 10.9 Å². The molecule has 184 valence electrons. The minimum absolute atomic E-state index is 0.0115. The van der Waals surface area contributed by atoms with Crippen molar-refractivity contribution >= 4 is 56.8 Å². The second-order valence-corrected chi connectivity index (χ2v) is 10.3. The van der Waals surface area contributed by atoms with Crippen molar-refractivity contribution < 1.29 is 19.1 Å². The van der Waals surface area contributed by atoms with Crippen LogP contribution >= 0.6 is 24.0 Å². The number of Topliss-reactive ketones (excluding diaryl/α,β-unsaturated/α-hetero) is 1. The molecule has 1 fully saturated rings. The summed E-state index contributed by atoms with van der Waals surface area (Å²) >= 11 is 6.84. The Bertz CT molecular complexity index is 1070. The van der Waals surface area contributed by atoms with Crippen LogP contribution in [0.15, 0.2) is 24.3 Å². The molecule has 2 heterocycles. The molecular formula is C24H32N4O4S2. The van der Waals surface area contributed by atoms with Gasteiger partial charge in [0, 0.05) is 24.0 Å². The minimum atomic E-state index is -0.676. The summed E-state index contributed by atoms with van der Waals surface area (Å²) in [5.74, 6) is 0.162. The summed E-state index contributed by atoms with van der Waals surface area (Å²) in [6.07, 6.45) is 3.07. The number of rotatable bonds is 10. The molecule has 2 atom stereocenters. The van der Waals surface area contributed by atoms with E-state index in [1.54, 1.807) is 18.1 Å². The van der Waals surface area contributed by atoms with Gasteiger partial charge in [-0.15, -0.1) is 11.8 Å². The molecule has 0 spiro atoms. The first-order valence-corrected chi connectivity index (χ1v) is 13.0. The number of thioether (sulfide) groups is 1. The van der Waals surface area contributed by atoms with Crippen LogP contribution in [0, 0.1) is 11.8 Å². The molecule has 10 heteroatoms. The van der Waals surface area contributed by atoms with Crippen LogP contribution in [-0.4, -0.2) is 70.8 Å². The van der Waals surface area contributed by atoms with E-state index in [0.717, 1.165) is 17.3 Å². The number of fused-ring (bicyclic) bond motifs is 1. The Balaban J connectivity index is 1.75. The SMILES string of the molecule is COc1cccc2[nH]c(C(=O)N[C@@H](CC(C)C)C(=O)CN(C[C@@H]3CCNC3=O)C(=S)SC)cc12. The fourth-order valence-electron chi connectivity index (χ4n) is 4.12. The molecule has 0 bridgehead atoms. The lowest BCUT2D eigenvalue weighted by Crippen LogP contribution is -2.48. The van der Waals surface area contributed by atoms with E-state index in [0.29, 0.717) is 35.3 Å². The van der Waals surface area contributed by atoms with Crippen molar-refractivity contribution in [3.63, 3.8) is 0 Å². The van der Waals surface area contributed by atoms with Crippen LogP contribution in [-0.2, 0) is 9.59 Å². The predicted molar refractivity (Wildman–Crippen MR) is 139 cm³/mol. The van der Waals surface area contributed by atoms with Crippen LogP contribution in [0.4, 0.5) is 0 Å². The molecule has 3 N–H and O–H groups in total. The van der Waals surface area contributed by atoms with E-state index in [1.165, 1.54) is 11.8 Å². The van der Waals surface area contributed by atoms with Gasteiger partial charge in [-0.3, -0.25) is 14.4 Å². The third kappa shape index (κ3) is 6.29. The zero-order valence-electron chi connectivity index (χ0n) is 20.0. The Morgan fingerprint density at radius 3 is 2.74 bits per heavy atom. The number of nitrogens with zero attached hydrogens (tertiary/aromatic N) is 1. The molecular weight excluding hydrogens is 472 g/mol. The van der Waals surface area contributed by atoms with E-state index < -0.39 is 6.04 Å². The molecule has 2 amide bonds. The van der Waals surface area contributed by atoms with Crippen LogP contribution in [0.2, 0.25) is 0 Å². The molecule has 1 aromatic carbocycles. The van der Waals surface area contributed by atoms with Crippen molar-refractivity contribution in [1.29, 1.82) is 0 Å². The smallest absolute Gasteiger partial charge is 0.268 e. The molecule has 8 nitrogen and oxygen atoms in total. The fourth-order valence-corrected chi connectivity index (χ4v) is 4.66. The highest BCUT2D eigenvalue weighted by Crippen LogP contribution is 2.26. The summed E-state index contributed by atoms with van der Waals surface area (Å²) in [6.45, 7) is 5.09. The number of nitrogens with one attached hydrogen (secondary N) is 3. The predicted octanol–water partition coefficient (Wildman–Crippen LogP) is 2.98. The average molecular weight is 505 g/mol. The molecule has 1 saturated heterocycles. The van der Waals surface area contributed by atoms with Gasteiger partial charge >= 0.3 is 0 Å². The lowest BCUT2D eigenvalue weighted by Gasteiger charge is -2.28. The number of amides is 2. The monoisotopic (exact) mass is 504 g/mol. The van der Waals surface area contributed by atoms with E-state index in [1.807, 2.05) is 38.3 Å². The van der Waals surface area contributed by atoms with Gasteiger partial charge in [-0.05, 0) is 43.2 Å². The molecule has 1 aromatic heterocycles. The van der Waals surface area contributed by atoms with Crippen molar-refractivity contribution in [3.05, 3.63) is 30.0 Å². The number of carbonyl (C=O) groups excluding carboxylic acids is 3. The molecule has 2 aromatic rings. The molecule has 34 heavy (non-hydrogen) atoms. The second kappa shape index (κ2) is 11.7. The van der Waals surface area contributed by atoms with E-state index in [2.05, 4.69) is 15.6 Å². The maximum absolute atomic E-state index is 13.3. The Morgan fingerprint density at radius 1 is 1.35 bits per heavy atom. The number of hydrogen-bond acceptors (Lipinski definition) is 6. The third-order valence-electron chi connectivity index (χ3n) is 5.87. The number of benzene rings is 1. The van der Waals surface area contributed by atoms with Gasteiger partial charge in [0.05, 0.1) is 25.6 Å². The number of ketones is 1. The minimum Gasteiger partial charge on any atom is -0.496 e. The van der Waals surface area contributed by atoms with E-state index in [9.17, 15) is 14.4 Å². The van der Waals surface area contributed by atoms with Gasteiger partial charge in [0.15, 0.2) is 5.78 Å². The average Bonchev–Trinajstić information content (AvgIpc) is 3.43. The number of ether oxygens (including phenoxy) is 1. The molecule has 0 saturated carbocycles. The van der Waals surface area contributed by atoms with Crippen molar-refractivity contribution in [2.24, 2.45) is 11.8 Å². The maximum Gasteiger partial charge on any atom is 0.268 e. The first-order valence-electron chi connectivity index (χ1n) is 11.3. The van der Waals surface area contributed by atoms with E-state index in [4.69, 9.17) is 17.0 Å². The summed E-state index contributed by atoms with van der Waals surface area (Å²) in [7, 11) is 1.58. The molecule has 3 rings (SSSR count). The number of aromatic amines is 1. The maximum atomic E-state index is 13.3. The number of hydrogen-bond donors (Lipinski definition) is 3. The van der Waals surface area contributed by atoms with Crippen molar-refractivity contribution in [1.82, 2.24) is 20.5 Å². The number of aromatic nitrogens is 1. The highest BCUT2D eigenvalue weighted by Gasteiger charge is 2.30. The van der Waals surface area contributed by atoms with Gasteiger partial charge in [0.25, 0.3) is 5.91 Å². The lowest BCUT2D eigenvalue weighted by atomic mass is 9.99. The Kier molecular flexibility index (Phi) is 8.96. The van der Waals surface area contributed by atoms with Crippen LogP contribution in [0.5, 0.6) is 5.75 Å². The van der Waals surface area contributed by atoms with Gasteiger partial charge in [-0.25, -0.2) is 0 Å². The van der Waals surface area contributed by atoms with Crippen molar-refractivity contribution in [2.75, 3.05) is 33.0 Å². The normalized spacial score (nSPS) is 16.4. The number of methoxy groups -OCH3 is 1. The van der Waals surface area contributed by atoms with Crippen molar-refractivity contribution in [2.45, 2.75) is 32.7 Å². The van der Waals surface area contributed by atoms with Gasteiger partial charge in [-0.2, -0.15) is 0 Å². The number of thiocarbonyl (C=S) groups is 1. The summed E-state index contributed by atoms with van der Waals surface area (Å²) < 4.78 is 5.94. The van der Waals surface area contributed by atoms with Crippen molar-refractivity contribution in [3.8, 4) is 5.75 Å². The second-order valence-electron chi connectivity index (χ2n) is 8.85. The molecule has 0 radical (unpaired) electrons. The fraction of sp³-hybridized carbons (Fsp3) is 0.500.